The number of halogens is 1. The molecule has 1 radical (unpaired) electrons. The van der Waals surface area contributed by atoms with Crippen molar-refractivity contribution in [3.05, 3.63) is 72.7 Å². The third-order valence-corrected chi connectivity index (χ3v) is 10.1. The van der Waals surface area contributed by atoms with E-state index < -0.39 is 8.07 Å². The summed E-state index contributed by atoms with van der Waals surface area (Å²) in [6.45, 7) is 12.8. The van der Waals surface area contributed by atoms with Gasteiger partial charge in [-0.25, -0.2) is 14.4 Å². The van der Waals surface area contributed by atoms with Gasteiger partial charge in [-0.2, -0.15) is 5.10 Å². The molecule has 2 saturated heterocycles. The van der Waals surface area contributed by atoms with Gasteiger partial charge in [-0.1, -0.05) is 25.7 Å². The number of nitrogens with zero attached hydrogens (tertiary/aromatic N) is 7. The first-order valence-electron chi connectivity index (χ1n) is 14.7. The zero-order chi connectivity index (χ0) is 29.4. The molecule has 2 aliphatic rings. The first-order chi connectivity index (χ1) is 20.2. The third-order valence-electron chi connectivity index (χ3n) is 8.43. The number of carbonyl (C=O) groups excluding carboxylic acids is 1. The van der Waals surface area contributed by atoms with E-state index in [1.165, 1.54) is 18.2 Å². The van der Waals surface area contributed by atoms with Crippen LogP contribution in [0.1, 0.15) is 30.1 Å². The summed E-state index contributed by atoms with van der Waals surface area (Å²) >= 11 is 0. The Hall–Kier alpha value is -3.41. The monoisotopic (exact) mass is 588 g/mol. The molecule has 1 aromatic carbocycles. The minimum Gasteiger partial charge on any atom is -0.361 e. The molecular formula is C31H39FN7O2Si. The van der Waals surface area contributed by atoms with Crippen LogP contribution in [-0.4, -0.2) is 86.4 Å². The van der Waals surface area contributed by atoms with Crippen LogP contribution in [0.3, 0.4) is 0 Å². The molecule has 3 aromatic heterocycles. The Labute approximate surface area is 247 Å². The molecule has 9 nitrogen and oxygen atoms in total. The predicted octanol–water partition coefficient (Wildman–Crippen LogP) is 5.14. The summed E-state index contributed by atoms with van der Waals surface area (Å²) < 4.78 is 23.6. The van der Waals surface area contributed by atoms with Gasteiger partial charge in [0.15, 0.2) is 0 Å². The number of ether oxygens (including phenoxy) is 1. The van der Waals surface area contributed by atoms with E-state index in [4.69, 9.17) is 4.74 Å². The number of carbonyl (C=O) groups is 1. The lowest BCUT2D eigenvalue weighted by Gasteiger charge is -2.48. The minimum absolute atomic E-state index is 0.0934. The van der Waals surface area contributed by atoms with Gasteiger partial charge in [-0.15, -0.1) is 0 Å². The maximum absolute atomic E-state index is 13.6. The maximum atomic E-state index is 13.6. The zero-order valence-electron chi connectivity index (χ0n) is 24.8. The average Bonchev–Trinajstić information content (AvgIpc) is 3.57. The highest BCUT2D eigenvalue weighted by Gasteiger charge is 2.39. The van der Waals surface area contributed by atoms with Gasteiger partial charge in [0.25, 0.3) is 5.91 Å². The summed E-state index contributed by atoms with van der Waals surface area (Å²) in [6.07, 6.45) is 9.35. The van der Waals surface area contributed by atoms with Gasteiger partial charge in [0.1, 0.15) is 30.6 Å². The quantitative estimate of drug-likeness (QED) is 0.199. The molecule has 1 amide bonds. The number of fused-ring (bicyclic) bond motifs is 1. The topological polar surface area (TPSA) is 81.3 Å². The fourth-order valence-electron chi connectivity index (χ4n) is 5.89. The van der Waals surface area contributed by atoms with Crippen molar-refractivity contribution in [3.8, 4) is 11.3 Å². The summed E-state index contributed by atoms with van der Waals surface area (Å²) in [5.41, 5.74) is 3.11. The van der Waals surface area contributed by atoms with Crippen LogP contribution in [0.25, 0.3) is 22.3 Å². The Morgan fingerprint density at radius 2 is 2.00 bits per heavy atom. The van der Waals surface area contributed by atoms with Crippen LogP contribution >= 0.6 is 0 Å². The fraction of sp³-hybridized carbons (Fsp3) is 0.452. The van der Waals surface area contributed by atoms with Crippen LogP contribution in [-0.2, 0) is 11.5 Å². The highest BCUT2D eigenvalue weighted by atomic mass is 28.3. The maximum Gasteiger partial charge on any atom is 0.254 e. The standard InChI is InChI=1S/C31H39FN7O2Si/c1-22-14-26(8-11-38(22)31(40)23-6-5-7-25(32)15-23)37-18-27(19-37)39-17-24(16-35-39)29-28-9-10-36(30(28)34-20-33-29)21-41-12-13-42(2,3)4/h5-7,9-10,15-17,20,22,26H,8,11-14,18-19,21H2,1-4H3. The largest absolute Gasteiger partial charge is 0.361 e. The van der Waals surface area contributed by atoms with E-state index in [9.17, 15) is 9.18 Å². The fourth-order valence-corrected chi connectivity index (χ4v) is 6.65. The van der Waals surface area contributed by atoms with Gasteiger partial charge >= 0.3 is 0 Å². The molecule has 0 aliphatic carbocycles. The second-order valence-electron chi connectivity index (χ2n) is 12.8. The zero-order valence-corrected chi connectivity index (χ0v) is 25.8. The van der Waals surface area contributed by atoms with Crippen LogP contribution in [0.4, 0.5) is 4.39 Å². The highest BCUT2D eigenvalue weighted by molar-refractivity contribution is 6.76. The molecule has 2 fully saturated rings. The van der Waals surface area contributed by atoms with Crippen molar-refractivity contribution >= 4 is 25.0 Å². The van der Waals surface area contributed by atoms with Crippen molar-refractivity contribution in [1.29, 1.82) is 0 Å². The lowest BCUT2D eigenvalue weighted by molar-refractivity contribution is 0.0346. The van der Waals surface area contributed by atoms with Crippen molar-refractivity contribution in [2.45, 2.75) is 64.3 Å². The van der Waals surface area contributed by atoms with Crippen molar-refractivity contribution in [2.24, 2.45) is 0 Å². The number of hydrogen-bond donors (Lipinski definition) is 0. The van der Waals surface area contributed by atoms with Crippen LogP contribution in [0.5, 0.6) is 0 Å². The molecule has 0 bridgehead atoms. The van der Waals surface area contributed by atoms with E-state index in [0.29, 0.717) is 24.9 Å². The summed E-state index contributed by atoms with van der Waals surface area (Å²) in [5, 5.41) is 5.65. The Balaban J connectivity index is 1.04. The molecule has 6 rings (SSSR count). The molecule has 42 heavy (non-hydrogen) atoms. The number of hydrogen-bond acceptors (Lipinski definition) is 6. The molecule has 2 aliphatic heterocycles. The van der Waals surface area contributed by atoms with Gasteiger partial charge in [0.2, 0.25) is 0 Å². The average molecular weight is 589 g/mol. The normalized spacial score (nSPS) is 20.3. The molecule has 11 heteroatoms. The van der Waals surface area contributed by atoms with Crippen LogP contribution in [0, 0.1) is 11.9 Å². The molecule has 221 valence electrons. The third kappa shape index (κ3) is 6.04. The van der Waals surface area contributed by atoms with Crippen molar-refractivity contribution in [3.63, 3.8) is 0 Å². The predicted molar refractivity (Wildman–Crippen MR) is 163 cm³/mol. The van der Waals surface area contributed by atoms with Crippen molar-refractivity contribution in [2.75, 3.05) is 26.2 Å². The molecule has 0 spiro atoms. The van der Waals surface area contributed by atoms with Crippen molar-refractivity contribution < 1.29 is 13.9 Å². The number of piperidine rings is 1. The summed E-state index contributed by atoms with van der Waals surface area (Å²) in [7, 11) is -1.13. The lowest BCUT2D eigenvalue weighted by Crippen LogP contribution is -2.58. The van der Waals surface area contributed by atoms with Gasteiger partial charge in [0, 0.05) is 75.3 Å². The molecule has 4 aromatic rings. The second-order valence-corrected chi connectivity index (χ2v) is 18.4. The molecular weight excluding hydrogens is 549 g/mol. The van der Waals surface area contributed by atoms with E-state index in [-0.39, 0.29) is 17.8 Å². The van der Waals surface area contributed by atoms with E-state index in [1.807, 2.05) is 26.5 Å². The Bertz CT molecular complexity index is 1560. The summed E-state index contributed by atoms with van der Waals surface area (Å²) in [4.78, 5) is 26.4. The van der Waals surface area contributed by atoms with E-state index in [1.54, 1.807) is 18.5 Å². The number of benzene rings is 1. The van der Waals surface area contributed by atoms with Crippen LogP contribution < -0.4 is 0 Å². The lowest BCUT2D eigenvalue weighted by atomic mass is 9.92. The van der Waals surface area contributed by atoms with Crippen LogP contribution in [0.15, 0.2) is 55.2 Å². The first-order valence-corrected chi connectivity index (χ1v) is 18.5. The minimum atomic E-state index is -1.13. The van der Waals surface area contributed by atoms with Gasteiger partial charge in [-0.3, -0.25) is 14.4 Å². The number of amides is 1. The van der Waals surface area contributed by atoms with E-state index in [2.05, 4.69) is 58.8 Å². The van der Waals surface area contributed by atoms with Gasteiger partial charge < -0.3 is 14.2 Å². The molecule has 2 atom stereocenters. The van der Waals surface area contributed by atoms with Gasteiger partial charge in [-0.05, 0) is 50.1 Å². The summed E-state index contributed by atoms with van der Waals surface area (Å²) in [6, 6.07) is 10.9. The first kappa shape index (κ1) is 28.7. The number of likely N-dealkylation sites (tertiary alicyclic amines) is 2. The second kappa shape index (κ2) is 11.7. The number of aromatic nitrogens is 5. The molecule has 0 N–H and O–H groups in total. The highest BCUT2D eigenvalue weighted by Crippen LogP contribution is 2.32. The van der Waals surface area contributed by atoms with Crippen molar-refractivity contribution in [1.82, 2.24) is 34.1 Å². The van der Waals surface area contributed by atoms with E-state index in [0.717, 1.165) is 60.9 Å². The van der Waals surface area contributed by atoms with E-state index >= 15 is 0 Å². The molecule has 2 unspecified atom stereocenters. The molecule has 0 saturated carbocycles. The molecule has 5 heterocycles. The summed E-state index contributed by atoms with van der Waals surface area (Å²) in [5.74, 6) is -0.474. The van der Waals surface area contributed by atoms with Crippen LogP contribution in [0.2, 0.25) is 25.7 Å². The Morgan fingerprint density at radius 3 is 2.76 bits per heavy atom. The Morgan fingerprint density at radius 1 is 1.17 bits per heavy atom. The SMILES string of the molecule is CC1CC(N2C[C](n3cc(-c4ncnc5c4ccn5COCC[Si](C)(C)C)cn3)C2)CCN1C(=O)c1cccc(F)c1. The smallest absolute Gasteiger partial charge is 0.254 e. The van der Waals surface area contributed by atoms with Gasteiger partial charge in [0.05, 0.1) is 11.9 Å². The Kier molecular flexibility index (Phi) is 7.99. The number of rotatable bonds is 9.